The third-order valence-corrected chi connectivity index (χ3v) is 2.19. The minimum Gasteiger partial charge on any atom is -0.476 e. The highest BCUT2D eigenvalue weighted by Gasteiger charge is 2.15. The average Bonchev–Trinajstić information content (AvgIpc) is 2.55. The Morgan fingerprint density at radius 3 is 2.59 bits per heavy atom. The van der Waals surface area contributed by atoms with Crippen molar-refractivity contribution in [2.45, 2.75) is 39.8 Å². The second-order valence-corrected chi connectivity index (χ2v) is 4.02. The fraction of sp³-hybridized carbons (Fsp3) is 0.600. The Morgan fingerprint density at radius 2 is 2.12 bits per heavy atom. The standard InChI is InChI=1S/C10H16N4O3/c1-6(2)11-8(15)4-5-14-7(3)9(10(16)17)12-13-14/h6H,4-5H2,1-3H3,(H,11,15)(H,16,17). The zero-order valence-electron chi connectivity index (χ0n) is 10.1. The summed E-state index contributed by atoms with van der Waals surface area (Å²) in [5.74, 6) is -1.20. The van der Waals surface area contributed by atoms with E-state index in [1.807, 2.05) is 13.8 Å². The van der Waals surface area contributed by atoms with Gasteiger partial charge in [-0.1, -0.05) is 5.21 Å². The number of carbonyl (C=O) groups excluding carboxylic acids is 1. The third-order valence-electron chi connectivity index (χ3n) is 2.19. The molecule has 1 amide bonds. The number of aryl methyl sites for hydroxylation is 1. The van der Waals surface area contributed by atoms with E-state index in [2.05, 4.69) is 15.6 Å². The molecule has 1 rings (SSSR count). The van der Waals surface area contributed by atoms with Gasteiger partial charge in [-0.2, -0.15) is 0 Å². The number of rotatable bonds is 5. The van der Waals surface area contributed by atoms with Crippen LogP contribution >= 0.6 is 0 Å². The maximum Gasteiger partial charge on any atom is 0.358 e. The van der Waals surface area contributed by atoms with Crippen LogP contribution in [0, 0.1) is 6.92 Å². The van der Waals surface area contributed by atoms with Gasteiger partial charge in [0.05, 0.1) is 12.2 Å². The van der Waals surface area contributed by atoms with Crippen molar-refractivity contribution in [2.24, 2.45) is 0 Å². The smallest absolute Gasteiger partial charge is 0.358 e. The van der Waals surface area contributed by atoms with Gasteiger partial charge >= 0.3 is 5.97 Å². The number of amides is 1. The first-order valence-corrected chi connectivity index (χ1v) is 5.34. The number of aromatic nitrogens is 3. The van der Waals surface area contributed by atoms with Crippen LogP contribution in [-0.2, 0) is 11.3 Å². The molecule has 94 valence electrons. The van der Waals surface area contributed by atoms with Crippen LogP contribution in [0.3, 0.4) is 0 Å². The Kier molecular flexibility index (Phi) is 4.19. The average molecular weight is 240 g/mol. The Bertz CT molecular complexity index is 425. The molecule has 0 saturated heterocycles. The van der Waals surface area contributed by atoms with E-state index in [0.29, 0.717) is 12.2 Å². The molecule has 7 heteroatoms. The highest BCUT2D eigenvalue weighted by atomic mass is 16.4. The minimum atomic E-state index is -1.11. The molecule has 17 heavy (non-hydrogen) atoms. The van der Waals surface area contributed by atoms with Gasteiger partial charge in [0.25, 0.3) is 0 Å². The molecule has 1 aromatic heterocycles. The Balaban J connectivity index is 2.58. The Morgan fingerprint density at radius 1 is 1.47 bits per heavy atom. The maximum atomic E-state index is 11.4. The zero-order chi connectivity index (χ0) is 13.0. The van der Waals surface area contributed by atoms with Gasteiger partial charge in [-0.15, -0.1) is 5.10 Å². The lowest BCUT2D eigenvalue weighted by atomic mass is 10.3. The molecule has 0 aliphatic heterocycles. The van der Waals surface area contributed by atoms with Crippen LogP contribution in [0.15, 0.2) is 0 Å². The topological polar surface area (TPSA) is 97.1 Å². The minimum absolute atomic E-state index is 0.0748. The van der Waals surface area contributed by atoms with Crippen molar-refractivity contribution in [1.29, 1.82) is 0 Å². The third kappa shape index (κ3) is 3.54. The van der Waals surface area contributed by atoms with E-state index >= 15 is 0 Å². The summed E-state index contributed by atoms with van der Waals surface area (Å²) in [5, 5.41) is 18.8. The fourth-order valence-electron chi connectivity index (χ4n) is 1.37. The van der Waals surface area contributed by atoms with Gasteiger partial charge in [0.1, 0.15) is 0 Å². The van der Waals surface area contributed by atoms with Crippen molar-refractivity contribution < 1.29 is 14.7 Å². The second-order valence-electron chi connectivity index (χ2n) is 4.02. The number of aromatic carboxylic acids is 1. The molecular weight excluding hydrogens is 224 g/mol. The van der Waals surface area contributed by atoms with E-state index in [0.717, 1.165) is 0 Å². The van der Waals surface area contributed by atoms with E-state index in [1.165, 1.54) is 4.68 Å². The number of carboxylic acids is 1. The van der Waals surface area contributed by atoms with E-state index in [1.54, 1.807) is 6.92 Å². The lowest BCUT2D eigenvalue weighted by molar-refractivity contribution is -0.121. The molecule has 1 aromatic rings. The second kappa shape index (κ2) is 5.42. The Hall–Kier alpha value is -1.92. The van der Waals surface area contributed by atoms with Gasteiger partial charge in [-0.05, 0) is 20.8 Å². The SMILES string of the molecule is Cc1c(C(=O)O)nnn1CCC(=O)NC(C)C. The van der Waals surface area contributed by atoms with Gasteiger partial charge in [0.15, 0.2) is 5.69 Å². The van der Waals surface area contributed by atoms with Crippen LogP contribution in [0.5, 0.6) is 0 Å². The van der Waals surface area contributed by atoms with Crippen molar-refractivity contribution in [3.63, 3.8) is 0 Å². The van der Waals surface area contributed by atoms with Crippen LogP contribution in [0.25, 0.3) is 0 Å². The molecular formula is C10H16N4O3. The van der Waals surface area contributed by atoms with Crippen molar-refractivity contribution in [2.75, 3.05) is 0 Å². The number of hydrogen-bond donors (Lipinski definition) is 2. The Labute approximate surface area is 98.8 Å². The molecule has 0 aliphatic rings. The van der Waals surface area contributed by atoms with E-state index in [9.17, 15) is 9.59 Å². The quantitative estimate of drug-likeness (QED) is 0.766. The van der Waals surface area contributed by atoms with Gasteiger partial charge in [0, 0.05) is 12.5 Å². The predicted molar refractivity (Wildman–Crippen MR) is 59.6 cm³/mol. The highest BCUT2D eigenvalue weighted by molar-refractivity contribution is 5.86. The molecule has 0 bridgehead atoms. The summed E-state index contributed by atoms with van der Waals surface area (Å²) in [6, 6.07) is 0.0916. The number of hydrogen-bond acceptors (Lipinski definition) is 4. The van der Waals surface area contributed by atoms with Gasteiger partial charge < -0.3 is 10.4 Å². The summed E-state index contributed by atoms with van der Waals surface area (Å²) in [6.45, 7) is 5.69. The molecule has 0 fully saturated rings. The highest BCUT2D eigenvalue weighted by Crippen LogP contribution is 2.04. The lowest BCUT2D eigenvalue weighted by Crippen LogP contribution is -2.30. The predicted octanol–water partition coefficient (Wildman–Crippen LogP) is 0.199. The fourth-order valence-corrected chi connectivity index (χ4v) is 1.37. The lowest BCUT2D eigenvalue weighted by Gasteiger charge is -2.08. The van der Waals surface area contributed by atoms with Crippen molar-refractivity contribution in [1.82, 2.24) is 20.3 Å². The molecule has 1 heterocycles. The number of nitrogens with zero attached hydrogens (tertiary/aromatic N) is 3. The van der Waals surface area contributed by atoms with Crippen molar-refractivity contribution in [3.05, 3.63) is 11.4 Å². The van der Waals surface area contributed by atoms with E-state index in [-0.39, 0.29) is 24.1 Å². The molecule has 0 saturated carbocycles. The zero-order valence-corrected chi connectivity index (χ0v) is 10.1. The summed E-state index contributed by atoms with van der Waals surface area (Å²) in [4.78, 5) is 22.1. The van der Waals surface area contributed by atoms with Crippen LogP contribution in [-0.4, -0.2) is 38.0 Å². The molecule has 0 unspecified atom stereocenters. The van der Waals surface area contributed by atoms with Crippen LogP contribution in [0.2, 0.25) is 0 Å². The van der Waals surface area contributed by atoms with Crippen molar-refractivity contribution >= 4 is 11.9 Å². The van der Waals surface area contributed by atoms with E-state index < -0.39 is 5.97 Å². The summed E-state index contributed by atoms with van der Waals surface area (Å²) < 4.78 is 1.42. The normalized spacial score (nSPS) is 10.6. The summed E-state index contributed by atoms with van der Waals surface area (Å²) in [6.07, 6.45) is 0.251. The number of carboxylic acid groups (broad SMARTS) is 1. The molecule has 0 aromatic carbocycles. The molecule has 0 atom stereocenters. The summed E-state index contributed by atoms with van der Waals surface area (Å²) in [7, 11) is 0. The number of nitrogens with one attached hydrogen (secondary N) is 1. The van der Waals surface area contributed by atoms with Crippen LogP contribution < -0.4 is 5.32 Å². The van der Waals surface area contributed by atoms with Crippen molar-refractivity contribution in [3.8, 4) is 0 Å². The van der Waals surface area contributed by atoms with Gasteiger partial charge in [-0.3, -0.25) is 4.79 Å². The maximum absolute atomic E-state index is 11.4. The molecule has 7 nitrogen and oxygen atoms in total. The van der Waals surface area contributed by atoms with Gasteiger partial charge in [0.2, 0.25) is 5.91 Å². The first kappa shape index (κ1) is 13.1. The molecule has 2 N–H and O–H groups in total. The van der Waals surface area contributed by atoms with Crippen LogP contribution in [0.4, 0.5) is 0 Å². The first-order valence-electron chi connectivity index (χ1n) is 5.34. The van der Waals surface area contributed by atoms with E-state index in [4.69, 9.17) is 5.11 Å². The monoisotopic (exact) mass is 240 g/mol. The summed E-state index contributed by atoms with van der Waals surface area (Å²) in [5.41, 5.74) is 0.379. The summed E-state index contributed by atoms with van der Waals surface area (Å²) >= 11 is 0. The van der Waals surface area contributed by atoms with Crippen LogP contribution in [0.1, 0.15) is 36.5 Å². The largest absolute Gasteiger partial charge is 0.476 e. The number of carbonyl (C=O) groups is 2. The molecule has 0 aliphatic carbocycles. The molecule has 0 spiro atoms. The first-order chi connectivity index (χ1) is 7.91. The van der Waals surface area contributed by atoms with Gasteiger partial charge in [-0.25, -0.2) is 9.48 Å². The molecule has 0 radical (unpaired) electrons.